The van der Waals surface area contributed by atoms with Crippen LogP contribution in [0, 0.1) is 0 Å². The number of aliphatic hydroxyl groups excluding tert-OH is 1. The molecule has 118 valence electrons. The molecule has 1 aliphatic heterocycles. The zero-order chi connectivity index (χ0) is 15.2. The Kier molecular flexibility index (Phi) is 6.02. The van der Waals surface area contributed by atoms with Gasteiger partial charge in [-0.15, -0.1) is 0 Å². The maximum Gasteiger partial charge on any atom is 0.287 e. The molecule has 0 saturated carbocycles. The van der Waals surface area contributed by atoms with Gasteiger partial charge in [0.1, 0.15) is 5.02 Å². The normalized spacial score (nSPS) is 17.1. The molecule has 1 fully saturated rings. The molecule has 0 spiro atoms. The van der Waals surface area contributed by atoms with Crippen LogP contribution in [0.1, 0.15) is 26.2 Å². The van der Waals surface area contributed by atoms with Crippen molar-refractivity contribution in [3.8, 4) is 0 Å². The summed E-state index contributed by atoms with van der Waals surface area (Å²) in [7, 11) is 0. The number of likely N-dealkylation sites (tertiary alicyclic amines) is 1. The lowest BCUT2D eigenvalue weighted by Gasteiger charge is -2.32. The minimum atomic E-state index is -0.362. The average molecular weight is 315 g/mol. The first-order chi connectivity index (χ1) is 10.2. The summed E-state index contributed by atoms with van der Waals surface area (Å²) in [5.74, 6) is 0. The van der Waals surface area contributed by atoms with Gasteiger partial charge < -0.3 is 15.3 Å². The van der Waals surface area contributed by atoms with E-state index in [1.807, 2.05) is 0 Å². The van der Waals surface area contributed by atoms with Gasteiger partial charge in [-0.3, -0.25) is 4.79 Å². The van der Waals surface area contributed by atoms with Gasteiger partial charge in [-0.05, 0) is 25.8 Å². The summed E-state index contributed by atoms with van der Waals surface area (Å²) >= 11 is 6.10. The standard InChI is InChI=1S/C14H23ClN4O2/c1-2-5-18-6-3-11(4-7-18)17-12-10-16-19(8-9-20)14(21)13(12)15/h10-11,17,20H,2-9H2,1H3. The highest BCUT2D eigenvalue weighted by Gasteiger charge is 2.20. The number of aromatic nitrogens is 2. The molecular weight excluding hydrogens is 292 g/mol. The molecule has 1 aliphatic rings. The zero-order valence-corrected chi connectivity index (χ0v) is 13.1. The highest BCUT2D eigenvalue weighted by Crippen LogP contribution is 2.20. The monoisotopic (exact) mass is 314 g/mol. The van der Waals surface area contributed by atoms with Gasteiger partial charge in [0.05, 0.1) is 25.0 Å². The molecule has 21 heavy (non-hydrogen) atoms. The topological polar surface area (TPSA) is 70.4 Å². The molecule has 6 nitrogen and oxygen atoms in total. The van der Waals surface area contributed by atoms with Crippen LogP contribution >= 0.6 is 11.6 Å². The fourth-order valence-electron chi connectivity index (χ4n) is 2.66. The smallest absolute Gasteiger partial charge is 0.287 e. The Hall–Kier alpha value is -1.11. The van der Waals surface area contributed by atoms with Gasteiger partial charge in [0.15, 0.2) is 0 Å². The SMILES string of the molecule is CCCN1CCC(Nc2cnn(CCO)c(=O)c2Cl)CC1. The molecule has 0 radical (unpaired) electrons. The number of nitrogens with zero attached hydrogens (tertiary/aromatic N) is 3. The molecule has 0 unspecified atom stereocenters. The first kappa shape index (κ1) is 16.3. The zero-order valence-electron chi connectivity index (χ0n) is 12.4. The molecule has 2 rings (SSSR count). The van der Waals surface area contributed by atoms with E-state index in [-0.39, 0.29) is 23.7 Å². The molecule has 0 atom stereocenters. The second kappa shape index (κ2) is 7.77. The Bertz CT molecular complexity index is 512. The molecular formula is C14H23ClN4O2. The van der Waals surface area contributed by atoms with E-state index >= 15 is 0 Å². The Morgan fingerprint density at radius 3 is 2.76 bits per heavy atom. The first-order valence-electron chi connectivity index (χ1n) is 7.51. The molecule has 0 aromatic carbocycles. The number of hydrogen-bond acceptors (Lipinski definition) is 5. The quantitative estimate of drug-likeness (QED) is 0.825. The van der Waals surface area contributed by atoms with Crippen LogP contribution in [0.25, 0.3) is 0 Å². The molecule has 1 saturated heterocycles. The van der Waals surface area contributed by atoms with Crippen molar-refractivity contribution in [3.05, 3.63) is 21.6 Å². The largest absolute Gasteiger partial charge is 0.394 e. The Morgan fingerprint density at radius 2 is 2.14 bits per heavy atom. The van der Waals surface area contributed by atoms with E-state index in [9.17, 15) is 4.79 Å². The third kappa shape index (κ3) is 4.18. The highest BCUT2D eigenvalue weighted by atomic mass is 35.5. The molecule has 0 aliphatic carbocycles. The van der Waals surface area contributed by atoms with E-state index < -0.39 is 0 Å². The van der Waals surface area contributed by atoms with E-state index in [1.54, 1.807) is 6.20 Å². The number of hydrogen-bond donors (Lipinski definition) is 2. The Morgan fingerprint density at radius 1 is 1.43 bits per heavy atom. The lowest BCUT2D eigenvalue weighted by molar-refractivity contribution is 0.219. The van der Waals surface area contributed by atoms with Crippen molar-refractivity contribution in [2.24, 2.45) is 0 Å². The summed E-state index contributed by atoms with van der Waals surface area (Å²) in [6.07, 6.45) is 4.82. The van der Waals surface area contributed by atoms with E-state index in [1.165, 1.54) is 11.1 Å². The summed E-state index contributed by atoms with van der Waals surface area (Å²) in [5, 5.41) is 16.4. The maximum atomic E-state index is 12.0. The van der Waals surface area contributed by atoms with Crippen molar-refractivity contribution in [3.63, 3.8) is 0 Å². The Balaban J connectivity index is 1.98. The van der Waals surface area contributed by atoms with Crippen LogP contribution in [0.3, 0.4) is 0 Å². The van der Waals surface area contributed by atoms with Crippen LogP contribution in [0.15, 0.2) is 11.0 Å². The molecule has 7 heteroatoms. The van der Waals surface area contributed by atoms with Gasteiger partial charge in [-0.25, -0.2) is 4.68 Å². The third-order valence-electron chi connectivity index (χ3n) is 3.78. The minimum Gasteiger partial charge on any atom is -0.394 e. The molecule has 0 amide bonds. The predicted octanol–water partition coefficient (Wildman–Crippen LogP) is 1.18. The van der Waals surface area contributed by atoms with Gasteiger partial charge in [0, 0.05) is 19.1 Å². The second-order valence-electron chi connectivity index (χ2n) is 5.38. The predicted molar refractivity (Wildman–Crippen MR) is 84.0 cm³/mol. The van der Waals surface area contributed by atoms with Crippen LogP contribution in [0.5, 0.6) is 0 Å². The number of nitrogens with one attached hydrogen (secondary N) is 1. The van der Waals surface area contributed by atoms with Gasteiger partial charge in [0.2, 0.25) is 0 Å². The van der Waals surface area contributed by atoms with Gasteiger partial charge >= 0.3 is 0 Å². The number of aliphatic hydroxyl groups is 1. The minimum absolute atomic E-state index is 0.133. The summed E-state index contributed by atoms with van der Waals surface area (Å²) in [5.41, 5.74) is 0.226. The van der Waals surface area contributed by atoms with Crippen LogP contribution < -0.4 is 10.9 Å². The van der Waals surface area contributed by atoms with Crippen molar-refractivity contribution in [2.75, 3.05) is 31.6 Å². The van der Waals surface area contributed by atoms with Gasteiger partial charge in [-0.2, -0.15) is 5.10 Å². The fourth-order valence-corrected chi connectivity index (χ4v) is 2.86. The van der Waals surface area contributed by atoms with Crippen LogP contribution in [-0.2, 0) is 6.54 Å². The molecule has 2 N–H and O–H groups in total. The fraction of sp³-hybridized carbons (Fsp3) is 0.714. The Labute approximate surface area is 129 Å². The lowest BCUT2D eigenvalue weighted by atomic mass is 10.0. The van der Waals surface area contributed by atoms with Crippen molar-refractivity contribution >= 4 is 17.3 Å². The highest BCUT2D eigenvalue weighted by molar-refractivity contribution is 6.32. The van der Waals surface area contributed by atoms with Crippen molar-refractivity contribution < 1.29 is 5.11 Å². The lowest BCUT2D eigenvalue weighted by Crippen LogP contribution is -2.39. The van der Waals surface area contributed by atoms with Crippen LogP contribution in [0.2, 0.25) is 5.02 Å². The molecule has 1 aromatic heterocycles. The second-order valence-corrected chi connectivity index (χ2v) is 5.76. The van der Waals surface area contributed by atoms with Crippen molar-refractivity contribution in [1.29, 1.82) is 0 Å². The number of halogens is 1. The van der Waals surface area contributed by atoms with Crippen LogP contribution in [0.4, 0.5) is 5.69 Å². The summed E-state index contributed by atoms with van der Waals surface area (Å²) in [6, 6.07) is 0.325. The van der Waals surface area contributed by atoms with E-state index in [0.717, 1.165) is 32.5 Å². The summed E-state index contributed by atoms with van der Waals surface area (Å²) in [6.45, 7) is 5.50. The molecule has 1 aromatic rings. The molecule has 0 bridgehead atoms. The van der Waals surface area contributed by atoms with E-state index in [0.29, 0.717) is 11.7 Å². The van der Waals surface area contributed by atoms with Gasteiger partial charge in [-0.1, -0.05) is 18.5 Å². The summed E-state index contributed by atoms with van der Waals surface area (Å²) in [4.78, 5) is 14.4. The maximum absolute atomic E-state index is 12.0. The average Bonchev–Trinajstić information content (AvgIpc) is 2.49. The van der Waals surface area contributed by atoms with Crippen molar-refractivity contribution in [1.82, 2.24) is 14.7 Å². The molecule has 2 heterocycles. The third-order valence-corrected chi connectivity index (χ3v) is 4.15. The first-order valence-corrected chi connectivity index (χ1v) is 7.88. The van der Waals surface area contributed by atoms with E-state index in [4.69, 9.17) is 16.7 Å². The van der Waals surface area contributed by atoms with Crippen molar-refractivity contribution in [2.45, 2.75) is 38.8 Å². The van der Waals surface area contributed by atoms with E-state index in [2.05, 4.69) is 22.2 Å². The van der Waals surface area contributed by atoms with Gasteiger partial charge in [0.25, 0.3) is 5.56 Å². The summed E-state index contributed by atoms with van der Waals surface area (Å²) < 4.78 is 1.18. The van der Waals surface area contributed by atoms with Crippen LogP contribution in [-0.4, -0.2) is 52.1 Å². The number of piperidine rings is 1. The number of rotatable bonds is 6. The number of anilines is 1.